The Balaban J connectivity index is 2.54. The maximum Gasteiger partial charge on any atom is 0.0292 e. The maximum atomic E-state index is 8.09. The van der Waals surface area contributed by atoms with Gasteiger partial charge in [0.15, 0.2) is 0 Å². The largest absolute Gasteiger partial charge is 0.0955 e. The number of rotatable bonds is 5. The zero-order valence-corrected chi connectivity index (χ0v) is 9.43. The van der Waals surface area contributed by atoms with Crippen LogP contribution >= 0.6 is 0 Å². The molecule has 1 aromatic rings. The third-order valence-corrected chi connectivity index (χ3v) is 2.17. The van der Waals surface area contributed by atoms with Gasteiger partial charge < -0.3 is 0 Å². The number of allylic oxidation sites excluding steroid dienone is 1. The Labute approximate surface area is 95.7 Å². The second-order valence-corrected chi connectivity index (χ2v) is 3.55. The maximum absolute atomic E-state index is 8.09. The van der Waals surface area contributed by atoms with Gasteiger partial charge in [0.25, 0.3) is 0 Å². The Morgan fingerprint density at radius 1 is 1.44 bits per heavy atom. The first-order valence-corrected chi connectivity index (χ1v) is 5.17. The molecule has 1 aromatic carbocycles. The summed E-state index contributed by atoms with van der Waals surface area (Å²) in [5, 5.41) is 3.46. The molecule has 0 bridgehead atoms. The van der Waals surface area contributed by atoms with E-state index in [1.165, 1.54) is 0 Å². The van der Waals surface area contributed by atoms with Gasteiger partial charge in [-0.25, -0.2) is 0 Å². The van der Waals surface area contributed by atoms with Crippen molar-refractivity contribution in [2.45, 2.75) is 13.3 Å². The predicted octanol–water partition coefficient (Wildman–Crippen LogP) is 4.43. The van der Waals surface area contributed by atoms with Crippen molar-refractivity contribution < 1.29 is 0 Å². The highest BCUT2D eigenvalue weighted by molar-refractivity contribution is 5.63. The van der Waals surface area contributed by atoms with Crippen LogP contribution in [0, 0.1) is 0 Å². The molecule has 3 nitrogen and oxygen atoms in total. The first kappa shape index (κ1) is 12.1. The molecule has 3 heteroatoms. The van der Waals surface area contributed by atoms with Gasteiger partial charge in [-0.1, -0.05) is 53.7 Å². The van der Waals surface area contributed by atoms with E-state index < -0.39 is 0 Å². The van der Waals surface area contributed by atoms with Gasteiger partial charge in [0.05, 0.1) is 0 Å². The van der Waals surface area contributed by atoms with Crippen molar-refractivity contribution >= 4 is 11.6 Å². The van der Waals surface area contributed by atoms with Crippen LogP contribution in [0.3, 0.4) is 0 Å². The highest BCUT2D eigenvalue weighted by Crippen LogP contribution is 2.13. The number of hydrogen-bond donors (Lipinski definition) is 0. The lowest BCUT2D eigenvalue weighted by molar-refractivity contribution is 0.996. The third-order valence-electron chi connectivity index (χ3n) is 2.17. The highest BCUT2D eigenvalue weighted by atomic mass is 15.1. The fourth-order valence-electron chi connectivity index (χ4n) is 1.28. The summed E-state index contributed by atoms with van der Waals surface area (Å²) in [7, 11) is 0. The molecular formula is C13H15N3. The van der Waals surface area contributed by atoms with Crippen molar-refractivity contribution in [2.75, 3.05) is 6.54 Å². The van der Waals surface area contributed by atoms with Crippen molar-refractivity contribution in [1.82, 2.24) is 0 Å². The monoisotopic (exact) mass is 213 g/mol. The van der Waals surface area contributed by atoms with E-state index >= 15 is 0 Å². The molecule has 0 atom stereocenters. The molecule has 1 rings (SSSR count). The number of benzene rings is 1. The van der Waals surface area contributed by atoms with Crippen LogP contribution in [0.25, 0.3) is 22.1 Å². The molecule has 0 unspecified atom stereocenters. The lowest BCUT2D eigenvalue weighted by atomic mass is 10.1. The van der Waals surface area contributed by atoms with Gasteiger partial charge >= 0.3 is 0 Å². The minimum atomic E-state index is 0.511. The molecule has 0 saturated carbocycles. The third kappa shape index (κ3) is 4.03. The number of azide groups is 1. The molecule has 0 aliphatic rings. The van der Waals surface area contributed by atoms with Crippen LogP contribution in [0.4, 0.5) is 0 Å². The van der Waals surface area contributed by atoms with E-state index in [0.717, 1.165) is 23.1 Å². The summed E-state index contributed by atoms with van der Waals surface area (Å²) in [6.45, 7) is 6.39. The molecule has 16 heavy (non-hydrogen) atoms. The van der Waals surface area contributed by atoms with Crippen molar-refractivity contribution in [3.05, 3.63) is 58.5 Å². The van der Waals surface area contributed by atoms with Crippen LogP contribution in [0.2, 0.25) is 0 Å². The quantitative estimate of drug-likeness (QED) is 0.300. The van der Waals surface area contributed by atoms with Crippen molar-refractivity contribution in [3.63, 3.8) is 0 Å². The molecule has 0 fully saturated rings. The van der Waals surface area contributed by atoms with Crippen LogP contribution < -0.4 is 0 Å². The fraction of sp³-hybridized carbons (Fsp3) is 0.231. The molecule has 0 N–H and O–H groups in total. The molecule has 82 valence electrons. The molecule has 0 aliphatic carbocycles. The topological polar surface area (TPSA) is 48.8 Å². The number of nitrogens with zero attached hydrogens (tertiary/aromatic N) is 3. The van der Waals surface area contributed by atoms with Gasteiger partial charge in [0.2, 0.25) is 0 Å². The van der Waals surface area contributed by atoms with Crippen LogP contribution in [-0.2, 0) is 0 Å². The smallest absolute Gasteiger partial charge is 0.0292 e. The first-order chi connectivity index (χ1) is 7.74. The second-order valence-electron chi connectivity index (χ2n) is 3.55. The molecule has 0 heterocycles. The van der Waals surface area contributed by atoms with Gasteiger partial charge in [-0.05, 0) is 30.0 Å². The van der Waals surface area contributed by atoms with E-state index in [2.05, 4.69) is 28.7 Å². The minimum absolute atomic E-state index is 0.511. The molecule has 0 radical (unpaired) electrons. The average molecular weight is 213 g/mol. The summed E-state index contributed by atoms with van der Waals surface area (Å²) in [4.78, 5) is 2.69. The fourth-order valence-corrected chi connectivity index (χ4v) is 1.28. The number of hydrogen-bond acceptors (Lipinski definition) is 1. The highest BCUT2D eigenvalue weighted by Gasteiger charge is 1.91. The second kappa shape index (κ2) is 6.49. The summed E-state index contributed by atoms with van der Waals surface area (Å²) < 4.78 is 0. The Morgan fingerprint density at radius 2 is 2.12 bits per heavy atom. The van der Waals surface area contributed by atoms with Gasteiger partial charge in [-0.3, -0.25) is 0 Å². The summed E-state index contributed by atoms with van der Waals surface area (Å²) in [6.07, 6.45) is 4.80. The molecule has 0 amide bonds. The zero-order chi connectivity index (χ0) is 11.8. The van der Waals surface area contributed by atoms with E-state index in [-0.39, 0.29) is 0 Å². The molecule has 0 aromatic heterocycles. The van der Waals surface area contributed by atoms with Crippen LogP contribution in [0.1, 0.15) is 24.5 Å². The Kier molecular flexibility index (Phi) is 4.90. The van der Waals surface area contributed by atoms with Crippen LogP contribution in [0.5, 0.6) is 0 Å². The van der Waals surface area contributed by atoms with Gasteiger partial charge in [0.1, 0.15) is 0 Å². The zero-order valence-electron chi connectivity index (χ0n) is 9.43. The summed E-state index contributed by atoms with van der Waals surface area (Å²) in [6, 6.07) is 8.20. The molecule has 0 aliphatic heterocycles. The predicted molar refractivity (Wildman–Crippen MR) is 68.8 cm³/mol. The van der Waals surface area contributed by atoms with E-state index in [4.69, 9.17) is 5.53 Å². The van der Waals surface area contributed by atoms with Crippen molar-refractivity contribution in [2.24, 2.45) is 5.11 Å². The summed E-state index contributed by atoms with van der Waals surface area (Å²) >= 11 is 0. The first-order valence-electron chi connectivity index (χ1n) is 5.17. The average Bonchev–Trinajstić information content (AvgIpc) is 2.29. The standard InChI is InChI=1S/C13H15N3/c1-11(2)13-8-6-12(7-9-13)5-3-4-10-15-16-14/h3,5-9H,1,4,10H2,2H3. The summed E-state index contributed by atoms with van der Waals surface area (Å²) in [5.74, 6) is 0. The Bertz CT molecular complexity index is 423. The normalized spacial score (nSPS) is 10.1. The Morgan fingerprint density at radius 3 is 2.69 bits per heavy atom. The van der Waals surface area contributed by atoms with Crippen molar-refractivity contribution in [1.29, 1.82) is 0 Å². The van der Waals surface area contributed by atoms with E-state index in [0.29, 0.717) is 6.54 Å². The van der Waals surface area contributed by atoms with Gasteiger partial charge in [-0.15, -0.1) is 0 Å². The lowest BCUT2D eigenvalue weighted by Gasteiger charge is -1.99. The van der Waals surface area contributed by atoms with E-state index in [1.54, 1.807) is 0 Å². The van der Waals surface area contributed by atoms with Crippen LogP contribution in [-0.4, -0.2) is 6.54 Å². The van der Waals surface area contributed by atoms with Crippen LogP contribution in [0.15, 0.2) is 42.0 Å². The molecule has 0 saturated heterocycles. The molecule has 0 spiro atoms. The summed E-state index contributed by atoms with van der Waals surface area (Å²) in [5.41, 5.74) is 11.5. The van der Waals surface area contributed by atoms with Crippen molar-refractivity contribution in [3.8, 4) is 0 Å². The minimum Gasteiger partial charge on any atom is -0.0955 e. The molecular weight excluding hydrogens is 198 g/mol. The Hall–Kier alpha value is -1.99. The SMILES string of the molecule is C=C(C)c1ccc(C=CCCN=[N+]=[N-])cc1. The van der Waals surface area contributed by atoms with Gasteiger partial charge in [-0.2, -0.15) is 0 Å². The van der Waals surface area contributed by atoms with E-state index in [9.17, 15) is 0 Å². The van der Waals surface area contributed by atoms with Gasteiger partial charge in [0, 0.05) is 11.5 Å². The van der Waals surface area contributed by atoms with E-state index in [1.807, 2.05) is 31.2 Å². The lowest BCUT2D eigenvalue weighted by Crippen LogP contribution is -1.78.